The van der Waals surface area contributed by atoms with E-state index in [0.717, 1.165) is 24.8 Å². The molecule has 0 aliphatic rings. The Morgan fingerprint density at radius 1 is 1.11 bits per heavy atom. The van der Waals surface area contributed by atoms with E-state index < -0.39 is 27.5 Å². The molecule has 4 rings (SSSR count). The van der Waals surface area contributed by atoms with Crippen LogP contribution in [0.1, 0.15) is 27.8 Å². The highest BCUT2D eigenvalue weighted by molar-refractivity contribution is 9.10. The summed E-state index contributed by atoms with van der Waals surface area (Å²) in [4.78, 5) is 39.2. The van der Waals surface area contributed by atoms with Gasteiger partial charge in [0.05, 0.1) is 22.6 Å². The lowest BCUT2D eigenvalue weighted by atomic mass is 10.2. The van der Waals surface area contributed by atoms with Gasteiger partial charge in [-0.3, -0.25) is 9.59 Å². The van der Waals surface area contributed by atoms with Crippen molar-refractivity contribution in [1.82, 2.24) is 14.1 Å². The van der Waals surface area contributed by atoms with E-state index in [2.05, 4.69) is 26.3 Å². The van der Waals surface area contributed by atoms with Crippen molar-refractivity contribution in [2.75, 3.05) is 26.0 Å². The van der Waals surface area contributed by atoms with Gasteiger partial charge >= 0.3 is 5.97 Å². The number of fused-ring (bicyclic) bond motifs is 1. The Morgan fingerprint density at radius 2 is 1.76 bits per heavy atom. The van der Waals surface area contributed by atoms with Crippen molar-refractivity contribution in [2.45, 2.75) is 11.8 Å². The van der Waals surface area contributed by atoms with Gasteiger partial charge < -0.3 is 10.1 Å². The Labute approximate surface area is 224 Å². The number of thiophene rings is 1. The summed E-state index contributed by atoms with van der Waals surface area (Å²) in [5.41, 5.74) is 0.0117. The summed E-state index contributed by atoms with van der Waals surface area (Å²) in [6.07, 6.45) is 0. The normalized spacial score (nSPS) is 11.6. The van der Waals surface area contributed by atoms with Gasteiger partial charge in [0.15, 0.2) is 5.69 Å². The average Bonchev–Trinajstić information content (AvgIpc) is 3.29. The maximum atomic E-state index is 13.5. The molecule has 0 bridgehead atoms. The van der Waals surface area contributed by atoms with E-state index in [-0.39, 0.29) is 38.5 Å². The molecule has 1 N–H and O–H groups in total. The number of hydrogen-bond acceptors (Lipinski definition) is 8. The van der Waals surface area contributed by atoms with Crippen LogP contribution in [0.3, 0.4) is 0 Å². The van der Waals surface area contributed by atoms with Crippen LogP contribution in [0.15, 0.2) is 68.1 Å². The number of nitrogens with one attached hydrogen (secondary N) is 1. The molecule has 0 saturated carbocycles. The minimum Gasteiger partial charge on any atom is -0.461 e. The van der Waals surface area contributed by atoms with Gasteiger partial charge in [0.25, 0.3) is 11.5 Å². The van der Waals surface area contributed by atoms with Gasteiger partial charge in [0, 0.05) is 34.9 Å². The lowest BCUT2D eigenvalue weighted by Crippen LogP contribution is -2.25. The third-order valence-corrected chi connectivity index (χ3v) is 8.57. The molecule has 0 atom stereocenters. The smallest absolute Gasteiger partial charge is 0.359 e. The van der Waals surface area contributed by atoms with Crippen LogP contribution < -0.4 is 10.9 Å². The summed E-state index contributed by atoms with van der Waals surface area (Å²) >= 11 is 4.41. The number of amides is 1. The molecule has 0 fully saturated rings. The van der Waals surface area contributed by atoms with Gasteiger partial charge in [0.1, 0.15) is 5.00 Å². The molecule has 0 aliphatic carbocycles. The molecule has 37 heavy (non-hydrogen) atoms. The minimum atomic E-state index is -3.65. The van der Waals surface area contributed by atoms with Gasteiger partial charge in [-0.25, -0.2) is 17.5 Å². The fourth-order valence-corrected chi connectivity index (χ4v) is 5.51. The minimum absolute atomic E-state index is 0.0400. The standard InChI is InChI=1S/C24H21BrN4O6S2/c1-4-35-24(32)20-18-13-36-22(19(18)23(31)29(27-20)16-9-7-15(25)8-10-16)26-21(30)14-5-11-17(12-6-14)37(33,34)28(2)3/h5-13H,4H2,1-3H3,(H,26,30). The van der Waals surface area contributed by atoms with Crippen LogP contribution in [0.2, 0.25) is 0 Å². The maximum absolute atomic E-state index is 13.5. The lowest BCUT2D eigenvalue weighted by molar-refractivity contribution is 0.0520. The summed E-state index contributed by atoms with van der Waals surface area (Å²) in [5.74, 6) is -1.26. The number of benzene rings is 2. The van der Waals surface area contributed by atoms with Crippen LogP contribution in [-0.2, 0) is 14.8 Å². The largest absolute Gasteiger partial charge is 0.461 e. The SMILES string of the molecule is CCOC(=O)c1nn(-c2ccc(Br)cc2)c(=O)c2c(NC(=O)c3ccc(S(=O)(=O)N(C)C)cc3)scc12. The van der Waals surface area contributed by atoms with E-state index in [1.54, 1.807) is 36.6 Å². The van der Waals surface area contributed by atoms with Crippen LogP contribution in [0.5, 0.6) is 0 Å². The van der Waals surface area contributed by atoms with E-state index in [9.17, 15) is 22.8 Å². The van der Waals surface area contributed by atoms with E-state index in [4.69, 9.17) is 4.74 Å². The number of hydrogen-bond donors (Lipinski definition) is 1. The van der Waals surface area contributed by atoms with Crippen molar-refractivity contribution >= 4 is 64.9 Å². The molecule has 2 heterocycles. The number of carbonyl (C=O) groups excluding carboxylic acids is 2. The molecular formula is C24H21BrN4O6S2. The Bertz CT molecular complexity index is 1660. The molecule has 1 amide bonds. The number of ether oxygens (including phenoxy) is 1. The molecule has 0 saturated heterocycles. The van der Waals surface area contributed by atoms with E-state index in [0.29, 0.717) is 5.69 Å². The molecule has 2 aromatic carbocycles. The van der Waals surface area contributed by atoms with Gasteiger partial charge in [-0.1, -0.05) is 15.9 Å². The molecule has 0 aliphatic heterocycles. The average molecular weight is 605 g/mol. The van der Waals surface area contributed by atoms with E-state index in [1.807, 2.05) is 0 Å². The van der Waals surface area contributed by atoms with Crippen molar-refractivity contribution in [3.05, 3.63) is 80.0 Å². The third kappa shape index (κ3) is 5.21. The zero-order valence-corrected chi connectivity index (χ0v) is 23.1. The zero-order valence-electron chi connectivity index (χ0n) is 19.9. The van der Waals surface area contributed by atoms with Crippen molar-refractivity contribution in [3.8, 4) is 5.69 Å². The molecule has 0 spiro atoms. The molecule has 10 nitrogen and oxygen atoms in total. The predicted molar refractivity (Wildman–Crippen MR) is 144 cm³/mol. The number of carbonyl (C=O) groups is 2. The molecule has 192 valence electrons. The Kier molecular flexibility index (Phi) is 7.59. The molecule has 0 unspecified atom stereocenters. The van der Waals surface area contributed by atoms with Crippen molar-refractivity contribution in [1.29, 1.82) is 0 Å². The van der Waals surface area contributed by atoms with Crippen LogP contribution in [-0.4, -0.2) is 55.1 Å². The Hall–Kier alpha value is -3.39. The second-order valence-electron chi connectivity index (χ2n) is 7.88. The van der Waals surface area contributed by atoms with Crippen LogP contribution >= 0.6 is 27.3 Å². The second-order valence-corrected chi connectivity index (χ2v) is 11.8. The maximum Gasteiger partial charge on any atom is 0.359 e. The first kappa shape index (κ1) is 26.7. The lowest BCUT2D eigenvalue weighted by Gasteiger charge is -2.12. The first-order valence-corrected chi connectivity index (χ1v) is 14.0. The van der Waals surface area contributed by atoms with E-state index in [1.165, 1.54) is 38.4 Å². The highest BCUT2D eigenvalue weighted by Gasteiger charge is 2.24. The zero-order chi connectivity index (χ0) is 26.9. The number of sulfonamides is 1. The van der Waals surface area contributed by atoms with E-state index >= 15 is 0 Å². The summed E-state index contributed by atoms with van der Waals surface area (Å²) in [6.45, 7) is 1.78. The number of anilines is 1. The summed E-state index contributed by atoms with van der Waals surface area (Å²) in [6, 6.07) is 12.2. The van der Waals surface area contributed by atoms with Crippen molar-refractivity contribution < 1.29 is 22.7 Å². The van der Waals surface area contributed by atoms with Gasteiger partial charge in [-0.2, -0.15) is 9.78 Å². The highest BCUT2D eigenvalue weighted by atomic mass is 79.9. The van der Waals surface area contributed by atoms with Crippen molar-refractivity contribution in [2.24, 2.45) is 0 Å². The topological polar surface area (TPSA) is 128 Å². The highest BCUT2D eigenvalue weighted by Crippen LogP contribution is 2.31. The fourth-order valence-electron chi connectivity index (χ4n) is 3.41. The number of esters is 1. The Morgan fingerprint density at radius 3 is 2.35 bits per heavy atom. The molecule has 13 heteroatoms. The van der Waals surface area contributed by atoms with Gasteiger partial charge in [-0.05, 0) is 55.5 Å². The predicted octanol–water partition coefficient (Wildman–Crippen LogP) is 3.89. The number of halogens is 1. The molecule has 4 aromatic rings. The van der Waals surface area contributed by atoms with Gasteiger partial charge in [-0.15, -0.1) is 11.3 Å². The summed E-state index contributed by atoms with van der Waals surface area (Å²) < 4.78 is 32.7. The van der Waals surface area contributed by atoms with Crippen molar-refractivity contribution in [3.63, 3.8) is 0 Å². The first-order valence-electron chi connectivity index (χ1n) is 10.9. The van der Waals surface area contributed by atoms with Crippen LogP contribution in [0.25, 0.3) is 16.5 Å². The quantitative estimate of drug-likeness (QED) is 0.317. The van der Waals surface area contributed by atoms with Crippen LogP contribution in [0.4, 0.5) is 5.00 Å². The van der Waals surface area contributed by atoms with Gasteiger partial charge in [0.2, 0.25) is 10.0 Å². The molecular weight excluding hydrogens is 584 g/mol. The van der Waals surface area contributed by atoms with Crippen LogP contribution in [0, 0.1) is 0 Å². The number of nitrogens with zero attached hydrogens (tertiary/aromatic N) is 3. The second kappa shape index (κ2) is 10.5. The molecule has 2 aromatic heterocycles. The number of aromatic nitrogens is 2. The first-order chi connectivity index (χ1) is 17.5. The fraction of sp³-hybridized carbons (Fsp3) is 0.167. The third-order valence-electron chi connectivity index (χ3n) is 5.31. The number of rotatable bonds is 7. The Balaban J connectivity index is 1.78. The summed E-state index contributed by atoms with van der Waals surface area (Å²) in [7, 11) is -0.819. The summed E-state index contributed by atoms with van der Waals surface area (Å²) in [5, 5.41) is 9.11. The molecule has 0 radical (unpaired) electrons. The monoisotopic (exact) mass is 604 g/mol.